The largest absolute Gasteiger partial charge is 0.492 e. The molecule has 2 heterocycles. The molecule has 0 spiro atoms. The van der Waals surface area contributed by atoms with Crippen LogP contribution in [0.2, 0.25) is 5.02 Å². The van der Waals surface area contributed by atoms with Gasteiger partial charge in [0.1, 0.15) is 10.6 Å². The molecular formula is C16H10ClF3N4O4. The lowest BCUT2D eigenvalue weighted by Crippen LogP contribution is -2.21. The van der Waals surface area contributed by atoms with Gasteiger partial charge in [-0.2, -0.15) is 0 Å². The number of nitrogens with two attached hydrogens (primary N) is 2. The van der Waals surface area contributed by atoms with Crippen molar-refractivity contribution in [2.45, 2.75) is 0 Å². The quantitative estimate of drug-likeness (QED) is 0.560. The molecule has 8 nitrogen and oxygen atoms in total. The van der Waals surface area contributed by atoms with Crippen molar-refractivity contribution >= 4 is 40.0 Å². The van der Waals surface area contributed by atoms with E-state index in [9.17, 15) is 27.9 Å². The van der Waals surface area contributed by atoms with Gasteiger partial charge in [-0.05, 0) is 0 Å². The maximum absolute atomic E-state index is 14.4. The lowest BCUT2D eigenvalue weighted by molar-refractivity contribution is 0.0695. The van der Waals surface area contributed by atoms with Gasteiger partial charge in [0.05, 0.1) is 23.7 Å². The Hall–Kier alpha value is -3.47. The van der Waals surface area contributed by atoms with Gasteiger partial charge in [-0.3, -0.25) is 9.36 Å². The number of benzene rings is 1. The molecule has 0 fully saturated rings. The van der Waals surface area contributed by atoms with Crippen LogP contribution < -0.4 is 21.6 Å². The van der Waals surface area contributed by atoms with E-state index in [1.165, 1.54) is 0 Å². The molecule has 0 unspecified atom stereocenters. The van der Waals surface area contributed by atoms with Crippen LogP contribution in [0.3, 0.4) is 0 Å². The number of rotatable bonds is 3. The van der Waals surface area contributed by atoms with Crippen molar-refractivity contribution in [2.24, 2.45) is 0 Å². The molecule has 28 heavy (non-hydrogen) atoms. The standard InChI is InChI=1S/C16H10ClF3N4O4/c1-28-13-8(17)11-7(10(21)9(13)20)12(25)4(16(26)27)3-24(11)15-6(19)2-5(18)14(22)23-15/h2-3H,21H2,1H3,(H2,22,23)(H,26,27). The summed E-state index contributed by atoms with van der Waals surface area (Å²) in [5.41, 5.74) is 7.79. The highest BCUT2D eigenvalue weighted by molar-refractivity contribution is 6.37. The van der Waals surface area contributed by atoms with Crippen LogP contribution >= 0.6 is 11.6 Å². The van der Waals surface area contributed by atoms with E-state index in [1.54, 1.807) is 0 Å². The van der Waals surface area contributed by atoms with Crippen LogP contribution in [0.25, 0.3) is 16.7 Å². The molecule has 12 heteroatoms. The van der Waals surface area contributed by atoms with E-state index in [1.807, 2.05) is 0 Å². The number of carboxylic acid groups (broad SMARTS) is 1. The van der Waals surface area contributed by atoms with E-state index in [-0.39, 0.29) is 0 Å². The highest BCUT2D eigenvalue weighted by atomic mass is 35.5. The summed E-state index contributed by atoms with van der Waals surface area (Å²) in [6.45, 7) is 0. The predicted octanol–water partition coefficient (Wildman–Crippen LogP) is 2.33. The number of nitrogens with zero attached hydrogens (tertiary/aromatic N) is 2. The van der Waals surface area contributed by atoms with Crippen molar-refractivity contribution in [3.63, 3.8) is 0 Å². The summed E-state index contributed by atoms with van der Waals surface area (Å²) >= 11 is 6.12. The molecule has 0 bridgehead atoms. The number of halogens is 4. The van der Waals surface area contributed by atoms with Crippen molar-refractivity contribution in [3.8, 4) is 11.6 Å². The molecule has 3 aromatic rings. The molecule has 0 saturated carbocycles. The Morgan fingerprint density at radius 2 is 1.93 bits per heavy atom. The van der Waals surface area contributed by atoms with Gasteiger partial charge < -0.3 is 21.3 Å². The van der Waals surface area contributed by atoms with Crippen molar-refractivity contribution < 1.29 is 27.8 Å². The summed E-state index contributed by atoms with van der Waals surface area (Å²) in [5.74, 6) is -7.32. The first-order valence-corrected chi connectivity index (χ1v) is 7.72. The Morgan fingerprint density at radius 1 is 1.29 bits per heavy atom. The fourth-order valence-electron chi connectivity index (χ4n) is 2.65. The lowest BCUT2D eigenvalue weighted by Gasteiger charge is -2.17. The van der Waals surface area contributed by atoms with Crippen molar-refractivity contribution in [2.75, 3.05) is 18.6 Å². The summed E-state index contributed by atoms with van der Waals surface area (Å²) < 4.78 is 47.9. The van der Waals surface area contributed by atoms with Gasteiger partial charge in [0.15, 0.2) is 34.8 Å². The minimum Gasteiger partial charge on any atom is -0.492 e. The van der Waals surface area contributed by atoms with Crippen LogP contribution in [0.1, 0.15) is 10.4 Å². The number of carbonyl (C=O) groups is 1. The number of anilines is 2. The number of pyridine rings is 2. The fraction of sp³-hybridized carbons (Fsp3) is 0.0625. The monoisotopic (exact) mass is 414 g/mol. The molecule has 0 aliphatic rings. The molecule has 0 aliphatic carbocycles. The van der Waals surface area contributed by atoms with Crippen LogP contribution in [0.4, 0.5) is 24.7 Å². The van der Waals surface area contributed by atoms with Gasteiger partial charge in [-0.15, -0.1) is 0 Å². The zero-order valence-electron chi connectivity index (χ0n) is 13.9. The first-order chi connectivity index (χ1) is 13.1. The minimum absolute atomic E-state index is 0.398. The third-order valence-corrected chi connectivity index (χ3v) is 4.27. The molecular weight excluding hydrogens is 405 g/mol. The molecule has 3 rings (SSSR count). The Balaban J connectivity index is 2.66. The van der Waals surface area contributed by atoms with E-state index in [0.717, 1.165) is 7.11 Å². The second kappa shape index (κ2) is 6.60. The maximum Gasteiger partial charge on any atom is 0.341 e. The van der Waals surface area contributed by atoms with E-state index >= 15 is 0 Å². The van der Waals surface area contributed by atoms with Crippen LogP contribution in [0.15, 0.2) is 17.1 Å². The fourth-order valence-corrected chi connectivity index (χ4v) is 3.00. The summed E-state index contributed by atoms with van der Waals surface area (Å²) in [4.78, 5) is 27.5. The Morgan fingerprint density at radius 3 is 2.50 bits per heavy atom. The number of ether oxygens (including phenoxy) is 1. The van der Waals surface area contributed by atoms with Crippen molar-refractivity contribution in [1.82, 2.24) is 9.55 Å². The minimum atomic E-state index is -1.71. The number of hydrogen-bond acceptors (Lipinski definition) is 6. The van der Waals surface area contributed by atoms with Gasteiger partial charge >= 0.3 is 5.97 Å². The van der Waals surface area contributed by atoms with E-state index < -0.39 is 73.4 Å². The summed E-state index contributed by atoms with van der Waals surface area (Å²) in [7, 11) is 1.07. The molecule has 1 aromatic carbocycles. The molecule has 2 aromatic heterocycles. The summed E-state index contributed by atoms with van der Waals surface area (Å²) in [6, 6.07) is 0.403. The zero-order valence-corrected chi connectivity index (χ0v) is 14.6. The Labute approximate surface area is 158 Å². The van der Waals surface area contributed by atoms with Gasteiger partial charge in [0.25, 0.3) is 0 Å². The molecule has 146 valence electrons. The smallest absolute Gasteiger partial charge is 0.341 e. The topological polar surface area (TPSA) is 133 Å². The summed E-state index contributed by atoms with van der Waals surface area (Å²) in [5, 5.41) is 8.13. The number of fused-ring (bicyclic) bond motifs is 1. The van der Waals surface area contributed by atoms with Crippen molar-refractivity contribution in [1.29, 1.82) is 0 Å². The van der Waals surface area contributed by atoms with Crippen LogP contribution in [0.5, 0.6) is 5.75 Å². The number of nitrogen functional groups attached to an aromatic ring is 2. The highest BCUT2D eigenvalue weighted by Gasteiger charge is 2.27. The summed E-state index contributed by atoms with van der Waals surface area (Å²) in [6.07, 6.45) is 0.693. The first-order valence-electron chi connectivity index (χ1n) is 7.35. The molecule has 0 radical (unpaired) electrons. The normalized spacial score (nSPS) is 11.0. The Bertz CT molecular complexity index is 1230. The number of aromatic carboxylic acids is 1. The van der Waals surface area contributed by atoms with E-state index in [2.05, 4.69) is 4.98 Å². The third kappa shape index (κ3) is 2.67. The van der Waals surface area contributed by atoms with Gasteiger partial charge in [-0.25, -0.2) is 22.9 Å². The lowest BCUT2D eigenvalue weighted by atomic mass is 10.1. The van der Waals surface area contributed by atoms with E-state index in [0.29, 0.717) is 16.8 Å². The molecule has 0 amide bonds. The van der Waals surface area contributed by atoms with Crippen LogP contribution in [-0.2, 0) is 0 Å². The molecule has 5 N–H and O–H groups in total. The number of aromatic nitrogens is 2. The predicted molar refractivity (Wildman–Crippen MR) is 94.6 cm³/mol. The van der Waals surface area contributed by atoms with Crippen LogP contribution in [-0.4, -0.2) is 27.7 Å². The average molecular weight is 415 g/mol. The average Bonchev–Trinajstić information content (AvgIpc) is 2.63. The van der Waals surface area contributed by atoms with Gasteiger partial charge in [-0.1, -0.05) is 11.6 Å². The Kier molecular flexibility index (Phi) is 4.55. The molecule has 0 aliphatic heterocycles. The van der Waals surface area contributed by atoms with E-state index in [4.69, 9.17) is 27.8 Å². The first kappa shape index (κ1) is 19.3. The molecule has 0 atom stereocenters. The van der Waals surface area contributed by atoms with Gasteiger partial charge in [0, 0.05) is 12.3 Å². The maximum atomic E-state index is 14.4. The number of hydrogen-bond donors (Lipinski definition) is 3. The highest BCUT2D eigenvalue weighted by Crippen LogP contribution is 2.39. The van der Waals surface area contributed by atoms with Crippen molar-refractivity contribution in [3.05, 3.63) is 50.5 Å². The number of methoxy groups -OCH3 is 1. The second-order valence-electron chi connectivity index (χ2n) is 5.51. The SMILES string of the molecule is COc1c(F)c(N)c2c(=O)c(C(=O)O)cn(-c3nc(N)c(F)cc3F)c2c1Cl. The van der Waals surface area contributed by atoms with Crippen LogP contribution in [0, 0.1) is 17.5 Å². The van der Waals surface area contributed by atoms with Gasteiger partial charge in [0.2, 0.25) is 5.43 Å². The molecule has 0 saturated heterocycles. The second-order valence-corrected chi connectivity index (χ2v) is 5.88. The third-order valence-electron chi connectivity index (χ3n) is 3.92. The zero-order chi connectivity index (χ0) is 20.9. The number of carboxylic acids is 1.